The van der Waals surface area contributed by atoms with E-state index >= 15 is 0 Å². The average Bonchev–Trinajstić information content (AvgIpc) is 2.20. The second-order valence-corrected chi connectivity index (χ2v) is 1.37. The summed E-state index contributed by atoms with van der Waals surface area (Å²) in [7, 11) is 0. The zero-order chi connectivity index (χ0) is 12.2. The monoisotopic (exact) mass is 271 g/mol. The largest absolute Gasteiger partial charge is 0.483 e. The van der Waals surface area contributed by atoms with Crippen LogP contribution in [0.5, 0.6) is 0 Å². The van der Waals surface area contributed by atoms with Crippen LogP contribution in [-0.2, 0) is 26.4 Å². The third-order valence-electron chi connectivity index (χ3n) is 0.333. The van der Waals surface area contributed by atoms with Crippen LogP contribution in [0.4, 0.5) is 0 Å². The van der Waals surface area contributed by atoms with Crippen LogP contribution < -0.4 is 22.9 Å². The number of rotatable bonds is 2. The predicted octanol–water partition coefficient (Wildman–Crippen LogP) is -2.79. The van der Waals surface area contributed by atoms with Gasteiger partial charge in [0.2, 0.25) is 0 Å². The Balaban J connectivity index is -0.0000000293. The van der Waals surface area contributed by atoms with Crippen molar-refractivity contribution < 1.29 is 36.6 Å². The van der Waals surface area contributed by atoms with Crippen LogP contribution in [0, 0.1) is 0 Å². The summed E-state index contributed by atoms with van der Waals surface area (Å²) < 4.78 is 0. The Morgan fingerprint density at radius 1 is 0.733 bits per heavy atom. The van der Waals surface area contributed by atoms with Crippen molar-refractivity contribution in [3.63, 3.8) is 0 Å². The first-order chi connectivity index (χ1) is 6.66. The molecule has 0 aromatic heterocycles. The minimum atomic E-state index is -0.250. The summed E-state index contributed by atoms with van der Waals surface area (Å²) in [4.78, 5) is 16.7. The maximum atomic E-state index is 8.36. The van der Waals surface area contributed by atoms with Crippen LogP contribution in [0.15, 0.2) is 0 Å². The third-order valence-corrected chi connectivity index (χ3v) is 0.333. The number of carbonyl (C=O) groups is 2. The molecule has 9 heteroatoms. The summed E-state index contributed by atoms with van der Waals surface area (Å²) in [6, 6.07) is 0. The Hall–Kier alpha value is -0.714. The van der Waals surface area contributed by atoms with E-state index in [1.54, 1.807) is 0 Å². The minimum Gasteiger partial charge on any atom is -0.483 e. The number of hydrogen-bond donors (Lipinski definition) is 6. The van der Waals surface area contributed by atoms with Gasteiger partial charge in [-0.2, -0.15) is 0 Å². The quantitative estimate of drug-likeness (QED) is 0.291. The van der Waals surface area contributed by atoms with Gasteiger partial charge < -0.3 is 33.1 Å². The van der Waals surface area contributed by atoms with E-state index in [0.717, 1.165) is 0 Å². The van der Waals surface area contributed by atoms with E-state index in [2.05, 4.69) is 0 Å². The molecular formula is C6H20CoN4O4. The number of hydrogen-bond acceptors (Lipinski definition) is 6. The molecular weight excluding hydrogens is 251 g/mol. The van der Waals surface area contributed by atoms with Crippen LogP contribution >= 0.6 is 0 Å². The maximum absolute atomic E-state index is 8.36. The summed E-state index contributed by atoms with van der Waals surface area (Å²) in [6.45, 7) is 1.89. The van der Waals surface area contributed by atoms with E-state index in [0.29, 0.717) is 26.2 Å². The van der Waals surface area contributed by atoms with Gasteiger partial charge in [-0.15, -0.1) is 0 Å². The summed E-state index contributed by atoms with van der Waals surface area (Å²) in [5, 5.41) is 13.8. The minimum absolute atomic E-state index is 0. The topological polar surface area (TPSA) is 179 Å². The molecule has 10 N–H and O–H groups in total. The van der Waals surface area contributed by atoms with E-state index < -0.39 is 0 Å². The normalized spacial score (nSPS) is 5.60. The second-order valence-electron chi connectivity index (χ2n) is 1.37. The Labute approximate surface area is 99.2 Å². The summed E-state index contributed by atoms with van der Waals surface area (Å²) in [5.74, 6) is 0. The van der Waals surface area contributed by atoms with Crippen LogP contribution in [0.1, 0.15) is 0 Å². The van der Waals surface area contributed by atoms with Crippen molar-refractivity contribution in [1.82, 2.24) is 0 Å². The van der Waals surface area contributed by atoms with E-state index in [9.17, 15) is 0 Å². The Bertz CT molecular complexity index is 75.5. The second kappa shape index (κ2) is 71.8. The van der Waals surface area contributed by atoms with Gasteiger partial charge in [0.25, 0.3) is 12.9 Å². The van der Waals surface area contributed by atoms with Gasteiger partial charge in [0.05, 0.1) is 0 Å². The summed E-state index contributed by atoms with van der Waals surface area (Å²) >= 11 is 0. The molecule has 8 nitrogen and oxygen atoms in total. The molecule has 0 bridgehead atoms. The summed E-state index contributed by atoms with van der Waals surface area (Å²) in [5.41, 5.74) is 19.6. The van der Waals surface area contributed by atoms with Crippen molar-refractivity contribution in [3.8, 4) is 0 Å². The maximum Gasteiger partial charge on any atom is 0.290 e. The fraction of sp³-hybridized carbons (Fsp3) is 0.667. The van der Waals surface area contributed by atoms with Crippen LogP contribution in [-0.4, -0.2) is 49.3 Å². The smallest absolute Gasteiger partial charge is 0.290 e. The zero-order valence-corrected chi connectivity index (χ0v) is 9.38. The molecule has 97 valence electrons. The molecule has 0 atom stereocenters. The van der Waals surface area contributed by atoms with E-state index in [1.807, 2.05) is 0 Å². The van der Waals surface area contributed by atoms with Crippen molar-refractivity contribution >= 4 is 12.9 Å². The molecule has 0 amide bonds. The molecule has 0 saturated heterocycles. The number of carboxylic acid groups (broad SMARTS) is 2. The fourth-order valence-corrected chi connectivity index (χ4v) is 0. The molecule has 0 aliphatic rings. The molecule has 0 aliphatic heterocycles. The Morgan fingerprint density at radius 3 is 0.800 bits per heavy atom. The van der Waals surface area contributed by atoms with Gasteiger partial charge in [-0.1, -0.05) is 0 Å². The van der Waals surface area contributed by atoms with Gasteiger partial charge in [-0.3, -0.25) is 9.59 Å². The molecule has 0 aromatic carbocycles. The molecule has 0 aromatic rings. The van der Waals surface area contributed by atoms with Crippen molar-refractivity contribution in [2.45, 2.75) is 0 Å². The summed E-state index contributed by atoms with van der Waals surface area (Å²) in [6.07, 6.45) is 0. The van der Waals surface area contributed by atoms with Gasteiger partial charge in [0, 0.05) is 43.0 Å². The molecule has 1 radical (unpaired) electrons. The van der Waals surface area contributed by atoms with Gasteiger partial charge in [0.1, 0.15) is 0 Å². The average molecular weight is 271 g/mol. The van der Waals surface area contributed by atoms with Crippen LogP contribution in [0.25, 0.3) is 0 Å². The number of nitrogens with two attached hydrogens (primary N) is 4. The first kappa shape index (κ1) is 29.2. The molecule has 0 saturated carbocycles. The fourth-order valence-electron chi connectivity index (χ4n) is 0. The molecule has 0 aliphatic carbocycles. The third kappa shape index (κ3) is 1020. The van der Waals surface area contributed by atoms with Gasteiger partial charge in [0.15, 0.2) is 0 Å². The molecule has 15 heavy (non-hydrogen) atoms. The van der Waals surface area contributed by atoms with Crippen LogP contribution in [0.2, 0.25) is 0 Å². The van der Waals surface area contributed by atoms with Crippen molar-refractivity contribution in [2.24, 2.45) is 22.9 Å². The van der Waals surface area contributed by atoms with Gasteiger partial charge >= 0.3 is 0 Å². The SMILES string of the molecule is NCCN.NCCN.O=CO.O=CO.[Co]. The molecule has 0 heterocycles. The zero-order valence-electron chi connectivity index (χ0n) is 8.34. The van der Waals surface area contributed by atoms with E-state index in [4.69, 9.17) is 42.7 Å². The van der Waals surface area contributed by atoms with E-state index in [1.165, 1.54) is 0 Å². The van der Waals surface area contributed by atoms with Gasteiger partial charge in [-0.25, -0.2) is 0 Å². The van der Waals surface area contributed by atoms with Crippen molar-refractivity contribution in [3.05, 3.63) is 0 Å². The molecule has 0 spiro atoms. The van der Waals surface area contributed by atoms with Crippen molar-refractivity contribution in [1.29, 1.82) is 0 Å². The molecule has 0 unspecified atom stereocenters. The Morgan fingerprint density at radius 2 is 0.800 bits per heavy atom. The van der Waals surface area contributed by atoms with Crippen LogP contribution in [0.3, 0.4) is 0 Å². The Kier molecular flexibility index (Phi) is 140. The van der Waals surface area contributed by atoms with Gasteiger partial charge in [-0.05, 0) is 0 Å². The first-order valence-electron chi connectivity index (χ1n) is 3.62. The van der Waals surface area contributed by atoms with E-state index in [-0.39, 0.29) is 29.7 Å². The molecule has 0 rings (SSSR count). The van der Waals surface area contributed by atoms with Crippen molar-refractivity contribution in [2.75, 3.05) is 26.2 Å². The predicted molar refractivity (Wildman–Crippen MR) is 53.6 cm³/mol. The standard InChI is InChI=1S/2C2H8N2.2CH2O2.Co/c2*3-1-2-4;2*2-1-3;/h2*1-4H2;2*1H,(H,2,3);. The molecule has 0 fully saturated rings. The first-order valence-corrected chi connectivity index (χ1v) is 3.62.